The van der Waals surface area contributed by atoms with Crippen LogP contribution in [0.2, 0.25) is 0 Å². The van der Waals surface area contributed by atoms with Gasteiger partial charge in [-0.2, -0.15) is 0 Å². The third kappa shape index (κ3) is 23.4. The summed E-state index contributed by atoms with van der Waals surface area (Å²) in [6.45, 7) is 12.2. The Balaban J connectivity index is -0.000000289. The molecule has 0 aromatic carbocycles. The van der Waals surface area contributed by atoms with Crippen molar-refractivity contribution in [2.75, 3.05) is 20.1 Å². The van der Waals surface area contributed by atoms with Crippen molar-refractivity contribution in [3.63, 3.8) is 0 Å². The summed E-state index contributed by atoms with van der Waals surface area (Å²) in [7, 11) is 2.01. The Morgan fingerprint density at radius 1 is 1.19 bits per heavy atom. The third-order valence-corrected chi connectivity index (χ3v) is 1.92. The Kier molecular flexibility index (Phi) is 31.4. The van der Waals surface area contributed by atoms with E-state index in [4.69, 9.17) is 4.79 Å². The quantitative estimate of drug-likeness (QED) is 0.663. The topological polar surface area (TPSA) is 41.1 Å². The highest BCUT2D eigenvalue weighted by Gasteiger charge is 2.02. The van der Waals surface area contributed by atoms with Crippen LogP contribution in [0.3, 0.4) is 0 Å². The molecule has 0 aromatic rings. The molecule has 0 rings (SSSR count). The van der Waals surface area contributed by atoms with Gasteiger partial charge in [-0.05, 0) is 46.3 Å². The van der Waals surface area contributed by atoms with Gasteiger partial charge in [0.2, 0.25) is 0 Å². The smallest absolute Gasteiger partial charge is 0.116 e. The van der Waals surface area contributed by atoms with E-state index in [1.165, 1.54) is 26.2 Å². The summed E-state index contributed by atoms with van der Waals surface area (Å²) in [5, 5.41) is 6.68. The van der Waals surface area contributed by atoms with Gasteiger partial charge < -0.3 is 15.4 Å². The number of rotatable bonds is 7. The number of nitrogens with one attached hydrogen (secondary N) is 2. The maximum Gasteiger partial charge on any atom is 0.116 e. The maximum atomic E-state index is 8.81. The van der Waals surface area contributed by atoms with Gasteiger partial charge in [-0.3, -0.25) is 0 Å². The Hall–Kier alpha value is -0.410. The van der Waals surface area contributed by atoms with Gasteiger partial charge >= 0.3 is 0 Å². The average Bonchev–Trinajstić information content (AvgIpc) is 2.33. The van der Waals surface area contributed by atoms with E-state index in [1.807, 2.05) is 20.9 Å². The molecule has 0 aliphatic rings. The number of carbonyl (C=O) groups is 1. The molecular formula is C13H32N2O. The Labute approximate surface area is 102 Å². The number of carbonyl (C=O) groups excluding carboxylic acids is 1. The minimum atomic E-state index is 0.711. The van der Waals surface area contributed by atoms with Crippen molar-refractivity contribution in [1.82, 2.24) is 10.6 Å². The highest BCUT2D eigenvalue weighted by Crippen LogP contribution is 1.95. The third-order valence-electron chi connectivity index (χ3n) is 1.92. The first-order chi connectivity index (χ1) is 7.76. The highest BCUT2D eigenvalue weighted by molar-refractivity contribution is 5.44. The molecule has 100 valence electrons. The molecule has 0 spiro atoms. The summed E-state index contributed by atoms with van der Waals surface area (Å²) in [5.74, 6) is 0. The van der Waals surface area contributed by atoms with Crippen molar-refractivity contribution in [2.24, 2.45) is 0 Å². The van der Waals surface area contributed by atoms with Crippen LogP contribution in [0.15, 0.2) is 0 Å². The first-order valence-electron chi connectivity index (χ1n) is 6.54. The van der Waals surface area contributed by atoms with Gasteiger partial charge in [0.15, 0.2) is 0 Å². The molecule has 0 heterocycles. The summed E-state index contributed by atoms with van der Waals surface area (Å²) in [4.78, 5) is 8.81. The fraction of sp³-hybridized carbons (Fsp3) is 0.923. The van der Waals surface area contributed by atoms with Gasteiger partial charge in [-0.1, -0.05) is 27.7 Å². The van der Waals surface area contributed by atoms with Crippen molar-refractivity contribution in [2.45, 2.75) is 59.9 Å². The van der Waals surface area contributed by atoms with Crippen LogP contribution in [0.5, 0.6) is 0 Å². The van der Waals surface area contributed by atoms with E-state index in [-0.39, 0.29) is 0 Å². The van der Waals surface area contributed by atoms with Crippen molar-refractivity contribution in [1.29, 1.82) is 0 Å². The van der Waals surface area contributed by atoms with Gasteiger partial charge in [0.25, 0.3) is 0 Å². The molecule has 0 aliphatic carbocycles. The normalized spacial score (nSPS) is 10.4. The largest absolute Gasteiger partial charge is 0.320 e. The standard InChI is InChI=1S/C9H22N2.C2H4O.C2H6/c1-4-7-11-9(5-2)6-8-10-3;1-2-3;1-2/h9-11H,4-8H2,1-3H3;2H,1H3;1-2H3. The SMILES string of the molecule is CC.CC=O.CCCNC(CC)CCNC. The summed E-state index contributed by atoms with van der Waals surface area (Å²) < 4.78 is 0. The van der Waals surface area contributed by atoms with Crippen LogP contribution in [-0.2, 0) is 4.79 Å². The first-order valence-corrected chi connectivity index (χ1v) is 6.54. The van der Waals surface area contributed by atoms with E-state index in [1.54, 1.807) is 0 Å². The summed E-state index contributed by atoms with van der Waals surface area (Å²) in [6, 6.07) is 0.711. The summed E-state index contributed by atoms with van der Waals surface area (Å²) in [6.07, 6.45) is 4.46. The molecule has 3 heteroatoms. The molecule has 0 bridgehead atoms. The second-order valence-electron chi connectivity index (χ2n) is 3.19. The van der Waals surface area contributed by atoms with Gasteiger partial charge in [0.05, 0.1) is 0 Å². The lowest BCUT2D eigenvalue weighted by molar-refractivity contribution is -0.106. The fourth-order valence-electron chi connectivity index (χ4n) is 1.12. The molecule has 0 radical (unpaired) electrons. The Morgan fingerprint density at radius 2 is 1.69 bits per heavy atom. The molecule has 0 amide bonds. The van der Waals surface area contributed by atoms with Crippen LogP contribution in [0.1, 0.15) is 53.9 Å². The molecule has 16 heavy (non-hydrogen) atoms. The van der Waals surface area contributed by atoms with Gasteiger partial charge in [0.1, 0.15) is 6.29 Å². The lowest BCUT2D eigenvalue weighted by atomic mass is 10.1. The van der Waals surface area contributed by atoms with E-state index in [0.717, 1.165) is 19.4 Å². The highest BCUT2D eigenvalue weighted by atomic mass is 16.1. The zero-order chi connectivity index (χ0) is 13.2. The first kappa shape index (κ1) is 20.9. The van der Waals surface area contributed by atoms with Crippen LogP contribution in [0, 0.1) is 0 Å². The number of hydrogen-bond donors (Lipinski definition) is 2. The molecule has 0 saturated heterocycles. The number of hydrogen-bond acceptors (Lipinski definition) is 3. The van der Waals surface area contributed by atoms with Crippen molar-refractivity contribution < 1.29 is 4.79 Å². The van der Waals surface area contributed by atoms with Crippen LogP contribution < -0.4 is 10.6 Å². The second-order valence-corrected chi connectivity index (χ2v) is 3.19. The van der Waals surface area contributed by atoms with E-state index < -0.39 is 0 Å². The molecule has 2 N–H and O–H groups in total. The van der Waals surface area contributed by atoms with Crippen molar-refractivity contribution >= 4 is 6.29 Å². The van der Waals surface area contributed by atoms with Crippen LogP contribution >= 0.6 is 0 Å². The van der Waals surface area contributed by atoms with E-state index in [9.17, 15) is 0 Å². The van der Waals surface area contributed by atoms with E-state index in [0.29, 0.717) is 6.04 Å². The van der Waals surface area contributed by atoms with Crippen LogP contribution in [-0.4, -0.2) is 32.5 Å². The molecule has 1 atom stereocenters. The Bertz CT molecular complexity index is 100. The average molecular weight is 232 g/mol. The van der Waals surface area contributed by atoms with E-state index >= 15 is 0 Å². The minimum Gasteiger partial charge on any atom is -0.320 e. The minimum absolute atomic E-state index is 0.711. The predicted octanol–water partition coefficient (Wildman–Crippen LogP) is 2.61. The van der Waals surface area contributed by atoms with Crippen molar-refractivity contribution in [3.8, 4) is 0 Å². The summed E-state index contributed by atoms with van der Waals surface area (Å²) >= 11 is 0. The zero-order valence-corrected chi connectivity index (χ0v) is 12.1. The lowest BCUT2D eigenvalue weighted by Gasteiger charge is -2.15. The molecule has 0 saturated carbocycles. The summed E-state index contributed by atoms with van der Waals surface area (Å²) in [5.41, 5.74) is 0. The molecule has 1 unspecified atom stereocenters. The predicted molar refractivity (Wildman–Crippen MR) is 74.0 cm³/mol. The van der Waals surface area contributed by atoms with Gasteiger partial charge in [-0.25, -0.2) is 0 Å². The molecular weight excluding hydrogens is 200 g/mol. The van der Waals surface area contributed by atoms with E-state index in [2.05, 4.69) is 24.5 Å². The van der Waals surface area contributed by atoms with Crippen LogP contribution in [0.25, 0.3) is 0 Å². The second kappa shape index (κ2) is 24.0. The maximum absolute atomic E-state index is 8.81. The monoisotopic (exact) mass is 232 g/mol. The van der Waals surface area contributed by atoms with Crippen molar-refractivity contribution in [3.05, 3.63) is 0 Å². The molecule has 0 aromatic heterocycles. The van der Waals surface area contributed by atoms with Gasteiger partial charge in [0, 0.05) is 6.04 Å². The molecule has 0 aliphatic heterocycles. The number of aldehydes is 1. The molecule has 3 nitrogen and oxygen atoms in total. The fourth-order valence-corrected chi connectivity index (χ4v) is 1.12. The Morgan fingerprint density at radius 3 is 2.00 bits per heavy atom. The molecule has 0 fully saturated rings. The lowest BCUT2D eigenvalue weighted by Crippen LogP contribution is -2.31. The zero-order valence-electron chi connectivity index (χ0n) is 12.1. The van der Waals surface area contributed by atoms with Gasteiger partial charge in [-0.15, -0.1) is 0 Å². The van der Waals surface area contributed by atoms with Crippen LogP contribution in [0.4, 0.5) is 0 Å².